The van der Waals surface area contributed by atoms with Gasteiger partial charge in [-0.3, -0.25) is 4.79 Å². The van der Waals surface area contributed by atoms with E-state index in [4.69, 9.17) is 0 Å². The third kappa shape index (κ3) is 2.84. The largest absolute Gasteiger partial charge is 0.508 e. The molecule has 0 spiro atoms. The van der Waals surface area contributed by atoms with Crippen molar-refractivity contribution in [2.24, 2.45) is 0 Å². The van der Waals surface area contributed by atoms with Crippen LogP contribution < -0.4 is 10.6 Å². The first-order chi connectivity index (χ1) is 10.1. The molecule has 4 nitrogen and oxygen atoms in total. The van der Waals surface area contributed by atoms with Gasteiger partial charge in [0.15, 0.2) is 0 Å². The van der Waals surface area contributed by atoms with Gasteiger partial charge in [-0.1, -0.05) is 24.3 Å². The molecule has 0 bridgehead atoms. The third-order valence-electron chi connectivity index (χ3n) is 3.86. The minimum atomic E-state index is -0.0400. The molecule has 3 N–H and O–H groups in total. The molecule has 2 aromatic rings. The first kappa shape index (κ1) is 13.5. The summed E-state index contributed by atoms with van der Waals surface area (Å²) in [6.45, 7) is 2.61. The van der Waals surface area contributed by atoms with Gasteiger partial charge in [0.25, 0.3) is 0 Å². The number of anilines is 2. The first-order valence-corrected chi connectivity index (χ1v) is 7.06. The molecule has 1 aliphatic rings. The molecule has 1 amide bonds. The second kappa shape index (κ2) is 5.48. The first-order valence-electron chi connectivity index (χ1n) is 7.06. The highest BCUT2D eigenvalue weighted by Gasteiger charge is 2.23. The van der Waals surface area contributed by atoms with Crippen LogP contribution in [0.1, 0.15) is 23.5 Å². The number of hydrogen-bond donors (Lipinski definition) is 3. The van der Waals surface area contributed by atoms with Crippen molar-refractivity contribution in [3.05, 3.63) is 53.6 Å². The van der Waals surface area contributed by atoms with Gasteiger partial charge in [-0.05, 0) is 30.2 Å². The number of rotatable bonds is 3. The van der Waals surface area contributed by atoms with E-state index >= 15 is 0 Å². The zero-order valence-electron chi connectivity index (χ0n) is 11.9. The van der Waals surface area contributed by atoms with Crippen LogP contribution in [0.5, 0.6) is 5.75 Å². The molecule has 1 atom stereocenters. The SMILES string of the molecule is Cc1ccc(NC(=O)CC2CNc3ccccc32)cc1O. The van der Waals surface area contributed by atoms with E-state index in [2.05, 4.69) is 16.7 Å². The van der Waals surface area contributed by atoms with Crippen LogP contribution in [0.25, 0.3) is 0 Å². The van der Waals surface area contributed by atoms with E-state index in [1.165, 1.54) is 5.56 Å². The predicted molar refractivity (Wildman–Crippen MR) is 83.8 cm³/mol. The van der Waals surface area contributed by atoms with E-state index in [9.17, 15) is 9.90 Å². The van der Waals surface area contributed by atoms with E-state index in [-0.39, 0.29) is 17.6 Å². The van der Waals surface area contributed by atoms with Crippen molar-refractivity contribution in [1.29, 1.82) is 0 Å². The van der Waals surface area contributed by atoms with Crippen LogP contribution in [0.4, 0.5) is 11.4 Å². The number of phenolic OH excluding ortho intramolecular Hbond substituents is 1. The molecule has 0 radical (unpaired) electrons. The fourth-order valence-corrected chi connectivity index (χ4v) is 2.66. The molecule has 3 rings (SSSR count). The number of para-hydroxylation sites is 1. The number of amides is 1. The Labute approximate surface area is 123 Å². The zero-order valence-corrected chi connectivity index (χ0v) is 11.9. The van der Waals surface area contributed by atoms with Crippen molar-refractivity contribution in [2.45, 2.75) is 19.3 Å². The van der Waals surface area contributed by atoms with Gasteiger partial charge in [0, 0.05) is 36.3 Å². The molecule has 0 saturated carbocycles. The number of hydrogen-bond acceptors (Lipinski definition) is 3. The molecule has 0 saturated heterocycles. The van der Waals surface area contributed by atoms with Crippen molar-refractivity contribution in [3.63, 3.8) is 0 Å². The molecule has 1 aliphatic heterocycles. The van der Waals surface area contributed by atoms with Gasteiger partial charge >= 0.3 is 0 Å². The average molecular weight is 282 g/mol. The minimum absolute atomic E-state index is 0.0400. The Bertz CT molecular complexity index is 682. The van der Waals surface area contributed by atoms with Crippen LogP contribution in [0.2, 0.25) is 0 Å². The van der Waals surface area contributed by atoms with Crippen molar-refractivity contribution >= 4 is 17.3 Å². The summed E-state index contributed by atoms with van der Waals surface area (Å²) in [5.41, 5.74) is 3.73. The molecule has 108 valence electrons. The number of phenols is 1. The summed E-state index contributed by atoms with van der Waals surface area (Å²) in [5, 5.41) is 15.8. The Morgan fingerprint density at radius 2 is 2.14 bits per heavy atom. The van der Waals surface area contributed by atoms with E-state index in [1.54, 1.807) is 18.2 Å². The van der Waals surface area contributed by atoms with Gasteiger partial charge in [-0.15, -0.1) is 0 Å². The van der Waals surface area contributed by atoms with E-state index in [0.29, 0.717) is 12.1 Å². The Kier molecular flexibility index (Phi) is 3.52. The molecule has 21 heavy (non-hydrogen) atoms. The molecule has 1 unspecified atom stereocenters. The standard InChI is InChI=1S/C17H18N2O2/c1-11-6-7-13(9-16(11)20)19-17(21)8-12-10-18-15-5-3-2-4-14(12)15/h2-7,9,12,18,20H,8,10H2,1H3,(H,19,21). The quantitative estimate of drug-likeness (QED) is 0.810. The lowest BCUT2D eigenvalue weighted by atomic mass is 9.97. The van der Waals surface area contributed by atoms with E-state index in [0.717, 1.165) is 17.8 Å². The minimum Gasteiger partial charge on any atom is -0.508 e. The highest BCUT2D eigenvalue weighted by atomic mass is 16.3. The van der Waals surface area contributed by atoms with E-state index < -0.39 is 0 Å². The summed E-state index contributed by atoms with van der Waals surface area (Å²) in [6, 6.07) is 13.2. The third-order valence-corrected chi connectivity index (χ3v) is 3.86. The van der Waals surface area contributed by atoms with Gasteiger partial charge in [0.1, 0.15) is 5.75 Å². The monoisotopic (exact) mass is 282 g/mol. The van der Waals surface area contributed by atoms with Gasteiger partial charge in [0.2, 0.25) is 5.91 Å². The fourth-order valence-electron chi connectivity index (χ4n) is 2.66. The fraction of sp³-hybridized carbons (Fsp3) is 0.235. The Hall–Kier alpha value is -2.49. The summed E-state index contributed by atoms with van der Waals surface area (Å²) < 4.78 is 0. The topological polar surface area (TPSA) is 61.4 Å². The van der Waals surface area contributed by atoms with Crippen LogP contribution in [0.3, 0.4) is 0 Å². The average Bonchev–Trinajstić information content (AvgIpc) is 2.86. The summed E-state index contributed by atoms with van der Waals surface area (Å²) in [4.78, 5) is 12.2. The second-order valence-corrected chi connectivity index (χ2v) is 5.42. The van der Waals surface area contributed by atoms with Crippen LogP contribution in [-0.2, 0) is 4.79 Å². The van der Waals surface area contributed by atoms with Crippen molar-refractivity contribution in [3.8, 4) is 5.75 Å². The molecule has 0 aliphatic carbocycles. The lowest BCUT2D eigenvalue weighted by Crippen LogP contribution is -2.16. The maximum atomic E-state index is 12.2. The van der Waals surface area contributed by atoms with Crippen molar-refractivity contribution in [2.75, 3.05) is 17.2 Å². The van der Waals surface area contributed by atoms with Gasteiger partial charge < -0.3 is 15.7 Å². The number of nitrogens with one attached hydrogen (secondary N) is 2. The molecule has 1 heterocycles. The number of aromatic hydroxyl groups is 1. The van der Waals surface area contributed by atoms with Crippen molar-refractivity contribution < 1.29 is 9.90 Å². The number of aryl methyl sites for hydroxylation is 1. The normalized spacial score (nSPS) is 16.1. The van der Waals surface area contributed by atoms with Gasteiger partial charge in [0.05, 0.1) is 0 Å². The molecule has 2 aromatic carbocycles. The predicted octanol–water partition coefficient (Wildman–Crippen LogP) is 3.24. The Balaban J connectivity index is 1.66. The molecular weight excluding hydrogens is 264 g/mol. The highest BCUT2D eigenvalue weighted by Crippen LogP contribution is 2.33. The van der Waals surface area contributed by atoms with E-state index in [1.807, 2.05) is 25.1 Å². The Morgan fingerprint density at radius 1 is 1.33 bits per heavy atom. The maximum Gasteiger partial charge on any atom is 0.225 e. The summed E-state index contributed by atoms with van der Waals surface area (Å²) in [6.07, 6.45) is 0.429. The number of fused-ring (bicyclic) bond motifs is 1. The molecule has 0 aromatic heterocycles. The van der Waals surface area contributed by atoms with Crippen LogP contribution >= 0.6 is 0 Å². The van der Waals surface area contributed by atoms with Crippen LogP contribution in [0.15, 0.2) is 42.5 Å². The summed E-state index contributed by atoms with van der Waals surface area (Å²) >= 11 is 0. The van der Waals surface area contributed by atoms with Gasteiger partial charge in [-0.2, -0.15) is 0 Å². The zero-order chi connectivity index (χ0) is 14.8. The number of carbonyl (C=O) groups excluding carboxylic acids is 1. The molecule has 4 heteroatoms. The molecular formula is C17H18N2O2. The second-order valence-electron chi connectivity index (χ2n) is 5.42. The lowest BCUT2D eigenvalue weighted by molar-refractivity contribution is -0.116. The summed E-state index contributed by atoms with van der Waals surface area (Å²) in [5.74, 6) is 0.350. The maximum absolute atomic E-state index is 12.2. The number of benzene rings is 2. The molecule has 0 fully saturated rings. The van der Waals surface area contributed by atoms with Crippen molar-refractivity contribution in [1.82, 2.24) is 0 Å². The van der Waals surface area contributed by atoms with Gasteiger partial charge in [-0.25, -0.2) is 0 Å². The number of carbonyl (C=O) groups is 1. The summed E-state index contributed by atoms with van der Waals surface area (Å²) in [7, 11) is 0. The van der Waals surface area contributed by atoms with Crippen LogP contribution in [-0.4, -0.2) is 17.6 Å². The lowest BCUT2D eigenvalue weighted by Gasteiger charge is -2.11. The smallest absolute Gasteiger partial charge is 0.225 e. The van der Waals surface area contributed by atoms with Crippen LogP contribution in [0, 0.1) is 6.92 Å². The Morgan fingerprint density at radius 3 is 2.95 bits per heavy atom. The highest BCUT2D eigenvalue weighted by molar-refractivity contribution is 5.91.